The van der Waals surface area contributed by atoms with Crippen LogP contribution < -0.4 is 5.32 Å². The Balaban J connectivity index is 1.16. The molecule has 2 N–H and O–H groups in total. The van der Waals surface area contributed by atoms with Gasteiger partial charge in [0.15, 0.2) is 0 Å². The minimum Gasteiger partial charge on any atom is -0.481 e. The van der Waals surface area contributed by atoms with Gasteiger partial charge < -0.3 is 10.4 Å². The average molecular weight is 539 g/mol. The molecular weight excluding hydrogens is 512 g/mol. The quantitative estimate of drug-likeness (QED) is 0.298. The lowest BCUT2D eigenvalue weighted by Gasteiger charge is -2.57. The monoisotopic (exact) mass is 538 g/mol. The average Bonchev–Trinajstić information content (AvgIpc) is 3.31. The zero-order chi connectivity index (χ0) is 27.1. The highest BCUT2D eigenvalue weighted by molar-refractivity contribution is 6.36. The fourth-order valence-corrected chi connectivity index (χ4v) is 6.63. The molecule has 3 aromatic carbocycles. The maximum absolute atomic E-state index is 13.4. The number of nitrogens with one attached hydrogen (secondary N) is 1. The number of amides is 1. The van der Waals surface area contributed by atoms with Gasteiger partial charge in [-0.25, -0.2) is 0 Å². The first-order chi connectivity index (χ1) is 18.8. The number of benzene rings is 3. The second-order valence-electron chi connectivity index (χ2n) is 11.0. The predicted molar refractivity (Wildman–Crippen MR) is 148 cm³/mol. The third-order valence-electron chi connectivity index (χ3n) is 8.23. The van der Waals surface area contributed by atoms with Crippen molar-refractivity contribution in [1.82, 2.24) is 15.1 Å². The Labute approximate surface area is 231 Å². The minimum atomic E-state index is -0.732. The van der Waals surface area contributed by atoms with Gasteiger partial charge in [0.05, 0.1) is 40.5 Å². The van der Waals surface area contributed by atoms with Gasteiger partial charge in [-0.1, -0.05) is 48.0 Å². The topological polar surface area (TPSA) is 108 Å². The van der Waals surface area contributed by atoms with Crippen molar-refractivity contribution < 1.29 is 14.7 Å². The molecule has 1 amide bonds. The third-order valence-corrected chi connectivity index (χ3v) is 8.56. The lowest BCUT2D eigenvalue weighted by Crippen LogP contribution is -2.56. The lowest BCUT2D eigenvalue weighted by atomic mass is 9.49. The van der Waals surface area contributed by atoms with Crippen LogP contribution in [0.1, 0.15) is 53.6 Å². The van der Waals surface area contributed by atoms with Gasteiger partial charge in [-0.05, 0) is 78.0 Å². The third kappa shape index (κ3) is 4.88. The first-order valence-electron chi connectivity index (χ1n) is 13.1. The van der Waals surface area contributed by atoms with Crippen molar-refractivity contribution in [2.45, 2.75) is 44.7 Å². The van der Waals surface area contributed by atoms with E-state index in [1.54, 1.807) is 30.5 Å². The van der Waals surface area contributed by atoms with Gasteiger partial charge >= 0.3 is 5.97 Å². The SMILES string of the molecule is N#Cc1ccc(-c2ccc(Cn3ncc4c(Cl)ccc(C(=O)NC5CC6(CC(CC(=O)O)C6)C5)c43)cc2)cc1. The summed E-state index contributed by atoms with van der Waals surface area (Å²) in [7, 11) is 0. The van der Waals surface area contributed by atoms with E-state index in [0.717, 1.165) is 47.8 Å². The Morgan fingerprint density at radius 3 is 2.33 bits per heavy atom. The molecule has 4 aromatic rings. The number of carboxylic acids is 1. The maximum atomic E-state index is 13.4. The summed E-state index contributed by atoms with van der Waals surface area (Å²) in [6.45, 7) is 0.481. The Morgan fingerprint density at radius 1 is 1.03 bits per heavy atom. The Morgan fingerprint density at radius 2 is 1.69 bits per heavy atom. The van der Waals surface area contributed by atoms with Crippen molar-refractivity contribution in [2.24, 2.45) is 11.3 Å². The molecule has 0 atom stereocenters. The van der Waals surface area contributed by atoms with Gasteiger partial charge in [-0.2, -0.15) is 10.4 Å². The molecule has 1 spiro atoms. The fraction of sp³-hybridized carbons (Fsp3) is 0.290. The van der Waals surface area contributed by atoms with E-state index in [2.05, 4.69) is 16.5 Å². The molecule has 2 saturated carbocycles. The zero-order valence-corrected chi connectivity index (χ0v) is 22.0. The molecule has 7 nitrogen and oxygen atoms in total. The Bertz CT molecular complexity index is 1600. The van der Waals surface area contributed by atoms with Gasteiger partial charge in [0.25, 0.3) is 5.91 Å². The number of carboxylic acid groups (broad SMARTS) is 1. The molecule has 2 aliphatic carbocycles. The minimum absolute atomic E-state index is 0.0974. The number of carbonyl (C=O) groups excluding carboxylic acids is 1. The van der Waals surface area contributed by atoms with Gasteiger partial charge in [-0.15, -0.1) is 0 Å². The van der Waals surface area contributed by atoms with Crippen LogP contribution in [0.3, 0.4) is 0 Å². The summed E-state index contributed by atoms with van der Waals surface area (Å²) in [4.78, 5) is 24.3. The van der Waals surface area contributed by atoms with E-state index in [4.69, 9.17) is 22.0 Å². The molecule has 8 heteroatoms. The lowest BCUT2D eigenvalue weighted by molar-refractivity contribution is -0.142. The summed E-state index contributed by atoms with van der Waals surface area (Å²) in [5.41, 5.74) is 5.20. The van der Waals surface area contributed by atoms with Crippen LogP contribution in [0.2, 0.25) is 5.02 Å². The fourth-order valence-electron chi connectivity index (χ4n) is 6.43. The predicted octanol–water partition coefficient (Wildman–Crippen LogP) is 6.04. The number of nitriles is 1. The highest BCUT2D eigenvalue weighted by Crippen LogP contribution is 2.59. The summed E-state index contributed by atoms with van der Waals surface area (Å²) in [5.74, 6) is -0.608. The number of carbonyl (C=O) groups is 2. The highest BCUT2D eigenvalue weighted by atomic mass is 35.5. The summed E-state index contributed by atoms with van der Waals surface area (Å²) >= 11 is 6.47. The highest BCUT2D eigenvalue weighted by Gasteiger charge is 2.53. The Kier molecular flexibility index (Phi) is 6.36. The molecule has 39 heavy (non-hydrogen) atoms. The molecule has 0 unspecified atom stereocenters. The van der Waals surface area contributed by atoms with Crippen molar-refractivity contribution in [3.63, 3.8) is 0 Å². The number of nitrogens with zero attached hydrogens (tertiary/aromatic N) is 3. The van der Waals surface area contributed by atoms with Crippen LogP contribution in [-0.4, -0.2) is 32.8 Å². The molecular formula is C31H27ClN4O3. The molecule has 0 bridgehead atoms. The smallest absolute Gasteiger partial charge is 0.303 e. The van der Waals surface area contributed by atoms with E-state index < -0.39 is 5.97 Å². The molecule has 0 radical (unpaired) electrons. The number of rotatable bonds is 7. The zero-order valence-electron chi connectivity index (χ0n) is 21.2. The van der Waals surface area contributed by atoms with Crippen molar-refractivity contribution in [3.05, 3.63) is 88.6 Å². The standard InChI is InChI=1S/C31H27ClN4O3/c32-27-10-9-25(30(39)35-24-14-31(15-24)12-21(13-31)11-28(37)38)29-26(27)17-34-36(29)18-20-3-7-23(8-4-20)22-5-1-19(16-33)2-6-22/h1-10,17,21,24H,11-15,18H2,(H,35,39)(H,37,38). The molecule has 2 aliphatic rings. The van der Waals surface area contributed by atoms with E-state index in [9.17, 15) is 9.59 Å². The molecule has 0 aliphatic heterocycles. The molecule has 0 saturated heterocycles. The van der Waals surface area contributed by atoms with Crippen molar-refractivity contribution in [2.75, 3.05) is 0 Å². The van der Waals surface area contributed by atoms with Crippen LogP contribution in [0, 0.1) is 22.7 Å². The van der Waals surface area contributed by atoms with Crippen molar-refractivity contribution >= 4 is 34.4 Å². The normalized spacial score (nSPS) is 21.6. The van der Waals surface area contributed by atoms with Crippen LogP contribution in [0.4, 0.5) is 0 Å². The van der Waals surface area contributed by atoms with Gasteiger partial charge in [-0.3, -0.25) is 14.3 Å². The van der Waals surface area contributed by atoms with Crippen LogP contribution >= 0.6 is 11.6 Å². The van der Waals surface area contributed by atoms with Crippen molar-refractivity contribution in [3.8, 4) is 17.2 Å². The summed E-state index contributed by atoms with van der Waals surface area (Å²) in [6, 6.07) is 21.4. The second-order valence-corrected chi connectivity index (χ2v) is 11.4. The molecule has 1 aromatic heterocycles. The molecule has 6 rings (SSSR count). The number of fused-ring (bicyclic) bond motifs is 1. The van der Waals surface area contributed by atoms with Crippen LogP contribution in [0.15, 0.2) is 66.9 Å². The first kappa shape index (κ1) is 25.1. The van der Waals surface area contributed by atoms with Crippen molar-refractivity contribution in [1.29, 1.82) is 5.26 Å². The van der Waals surface area contributed by atoms with Gasteiger partial charge in [0, 0.05) is 17.8 Å². The van der Waals surface area contributed by atoms with Crippen LogP contribution in [0.5, 0.6) is 0 Å². The maximum Gasteiger partial charge on any atom is 0.303 e. The van der Waals surface area contributed by atoms with E-state index >= 15 is 0 Å². The number of hydrogen-bond acceptors (Lipinski definition) is 4. The second kappa shape index (κ2) is 9.87. The summed E-state index contributed by atoms with van der Waals surface area (Å²) in [5, 5.41) is 27.0. The Hall–Kier alpha value is -4.15. The van der Waals surface area contributed by atoms with Crippen LogP contribution in [0.25, 0.3) is 22.0 Å². The largest absolute Gasteiger partial charge is 0.481 e. The van der Waals surface area contributed by atoms with E-state index in [0.29, 0.717) is 28.2 Å². The van der Waals surface area contributed by atoms with Gasteiger partial charge in [0.1, 0.15) is 0 Å². The number of aliphatic carboxylic acids is 1. The van der Waals surface area contributed by atoms with E-state index in [-0.39, 0.29) is 29.7 Å². The number of hydrogen-bond donors (Lipinski definition) is 2. The number of aromatic nitrogens is 2. The summed E-state index contributed by atoms with van der Waals surface area (Å²) in [6.07, 6.45) is 5.62. The van der Waals surface area contributed by atoms with Crippen LogP contribution in [-0.2, 0) is 11.3 Å². The first-order valence-corrected chi connectivity index (χ1v) is 13.5. The molecule has 196 valence electrons. The van der Waals surface area contributed by atoms with E-state index in [1.165, 1.54) is 0 Å². The number of halogens is 1. The molecule has 2 fully saturated rings. The van der Waals surface area contributed by atoms with E-state index in [1.807, 2.05) is 41.1 Å². The van der Waals surface area contributed by atoms with Gasteiger partial charge in [0.2, 0.25) is 0 Å². The molecule has 1 heterocycles. The summed E-state index contributed by atoms with van der Waals surface area (Å²) < 4.78 is 1.82.